The minimum atomic E-state index is 0.192. The number of hydrogen-bond donors (Lipinski definition) is 1. The summed E-state index contributed by atoms with van der Waals surface area (Å²) in [5, 5.41) is 19.3. The van der Waals surface area contributed by atoms with Crippen LogP contribution < -0.4 is 0 Å². The second-order valence-corrected chi connectivity index (χ2v) is 4.30. The summed E-state index contributed by atoms with van der Waals surface area (Å²) >= 11 is 6.05. The zero-order chi connectivity index (χ0) is 11.6. The SMILES string of the molecule is Cc1c(Cl)cc(C(C)C)c(O)c1CC#N. The van der Waals surface area contributed by atoms with E-state index >= 15 is 0 Å². The molecule has 0 saturated carbocycles. The van der Waals surface area contributed by atoms with Gasteiger partial charge in [0.05, 0.1) is 12.5 Å². The molecule has 1 aromatic rings. The van der Waals surface area contributed by atoms with Crippen LogP contribution in [-0.4, -0.2) is 5.11 Å². The van der Waals surface area contributed by atoms with Crippen molar-refractivity contribution in [2.45, 2.75) is 33.1 Å². The predicted molar refractivity (Wildman–Crippen MR) is 61.3 cm³/mol. The molecule has 0 amide bonds. The van der Waals surface area contributed by atoms with Crippen LogP contribution in [0.3, 0.4) is 0 Å². The summed E-state index contributed by atoms with van der Waals surface area (Å²) < 4.78 is 0. The van der Waals surface area contributed by atoms with Gasteiger partial charge in [0.15, 0.2) is 0 Å². The van der Waals surface area contributed by atoms with Crippen LogP contribution in [0, 0.1) is 18.3 Å². The van der Waals surface area contributed by atoms with Crippen molar-refractivity contribution in [3.05, 3.63) is 27.8 Å². The molecule has 0 aliphatic carbocycles. The number of phenols is 1. The first-order chi connectivity index (χ1) is 6.99. The van der Waals surface area contributed by atoms with Crippen molar-refractivity contribution >= 4 is 11.6 Å². The molecule has 0 saturated heterocycles. The lowest BCUT2D eigenvalue weighted by Gasteiger charge is -2.14. The minimum Gasteiger partial charge on any atom is -0.507 e. The van der Waals surface area contributed by atoms with Crippen LogP contribution >= 0.6 is 11.6 Å². The maximum atomic E-state index is 9.99. The van der Waals surface area contributed by atoms with Gasteiger partial charge in [-0.15, -0.1) is 0 Å². The molecule has 0 atom stereocenters. The minimum absolute atomic E-state index is 0.192. The lowest BCUT2D eigenvalue weighted by Crippen LogP contribution is -1.97. The molecule has 15 heavy (non-hydrogen) atoms. The third-order valence-electron chi connectivity index (χ3n) is 2.53. The molecular weight excluding hydrogens is 210 g/mol. The van der Waals surface area contributed by atoms with E-state index in [1.165, 1.54) is 0 Å². The molecule has 0 bridgehead atoms. The van der Waals surface area contributed by atoms with E-state index in [1.54, 1.807) is 6.07 Å². The van der Waals surface area contributed by atoms with E-state index in [1.807, 2.05) is 26.8 Å². The number of nitrogens with zero attached hydrogens (tertiary/aromatic N) is 1. The van der Waals surface area contributed by atoms with E-state index in [2.05, 4.69) is 0 Å². The van der Waals surface area contributed by atoms with E-state index < -0.39 is 0 Å². The highest BCUT2D eigenvalue weighted by Gasteiger charge is 2.15. The summed E-state index contributed by atoms with van der Waals surface area (Å²) in [6.45, 7) is 5.78. The number of hydrogen-bond acceptors (Lipinski definition) is 2. The first-order valence-electron chi connectivity index (χ1n) is 4.86. The molecule has 2 nitrogen and oxygen atoms in total. The molecule has 0 fully saturated rings. The zero-order valence-corrected chi connectivity index (χ0v) is 9.89. The summed E-state index contributed by atoms with van der Waals surface area (Å²) in [5.74, 6) is 0.411. The Labute approximate surface area is 95.1 Å². The fourth-order valence-corrected chi connectivity index (χ4v) is 1.78. The quantitative estimate of drug-likeness (QED) is 0.834. The van der Waals surface area contributed by atoms with Gasteiger partial charge in [0, 0.05) is 10.6 Å². The number of halogens is 1. The Bertz CT molecular complexity index is 419. The maximum Gasteiger partial charge on any atom is 0.123 e. The Morgan fingerprint density at radius 1 is 1.53 bits per heavy atom. The molecule has 0 aliphatic heterocycles. The lowest BCUT2D eigenvalue weighted by atomic mass is 9.95. The first-order valence-corrected chi connectivity index (χ1v) is 5.24. The average Bonchev–Trinajstić information content (AvgIpc) is 2.18. The standard InChI is InChI=1S/C12H14ClNO/c1-7(2)10-6-11(13)8(3)9(4-5-14)12(10)15/h6-7,15H,4H2,1-3H3. The highest BCUT2D eigenvalue weighted by molar-refractivity contribution is 6.31. The summed E-state index contributed by atoms with van der Waals surface area (Å²) in [4.78, 5) is 0. The van der Waals surface area contributed by atoms with Crippen LogP contribution in [0.15, 0.2) is 6.07 Å². The Morgan fingerprint density at radius 2 is 2.13 bits per heavy atom. The second-order valence-electron chi connectivity index (χ2n) is 3.89. The number of nitriles is 1. The van der Waals surface area contributed by atoms with Crippen LogP contribution in [0.5, 0.6) is 5.75 Å². The molecule has 0 aliphatic rings. The van der Waals surface area contributed by atoms with Crippen LogP contribution in [0.25, 0.3) is 0 Å². The van der Waals surface area contributed by atoms with Crippen molar-refractivity contribution in [1.29, 1.82) is 5.26 Å². The third-order valence-corrected chi connectivity index (χ3v) is 2.92. The molecule has 0 aromatic heterocycles. The van der Waals surface area contributed by atoms with Gasteiger partial charge in [0.2, 0.25) is 0 Å². The molecular formula is C12H14ClNO. The number of benzene rings is 1. The molecule has 1 N–H and O–H groups in total. The maximum absolute atomic E-state index is 9.99. The molecule has 3 heteroatoms. The van der Waals surface area contributed by atoms with E-state index in [4.69, 9.17) is 16.9 Å². The molecule has 0 radical (unpaired) electrons. The largest absolute Gasteiger partial charge is 0.507 e. The van der Waals surface area contributed by atoms with E-state index in [0.29, 0.717) is 10.6 Å². The number of aromatic hydroxyl groups is 1. The van der Waals surface area contributed by atoms with Gasteiger partial charge in [-0.25, -0.2) is 0 Å². The fourth-order valence-electron chi connectivity index (χ4n) is 1.54. The highest BCUT2D eigenvalue weighted by Crippen LogP contribution is 2.35. The summed E-state index contributed by atoms with van der Waals surface area (Å²) in [7, 11) is 0. The topological polar surface area (TPSA) is 44.0 Å². The molecule has 0 spiro atoms. The smallest absolute Gasteiger partial charge is 0.123 e. The van der Waals surface area contributed by atoms with Gasteiger partial charge in [-0.1, -0.05) is 25.4 Å². The van der Waals surface area contributed by atoms with Crippen LogP contribution in [-0.2, 0) is 6.42 Å². The predicted octanol–water partition coefficient (Wildman–Crippen LogP) is 3.54. The van der Waals surface area contributed by atoms with E-state index in [9.17, 15) is 5.11 Å². The summed E-state index contributed by atoms with van der Waals surface area (Å²) in [6, 6.07) is 3.82. The summed E-state index contributed by atoms with van der Waals surface area (Å²) in [5.41, 5.74) is 2.24. The lowest BCUT2D eigenvalue weighted by molar-refractivity contribution is 0.459. The second kappa shape index (κ2) is 4.55. The van der Waals surface area contributed by atoms with Crippen molar-refractivity contribution in [3.63, 3.8) is 0 Å². The Hall–Kier alpha value is -1.20. The molecule has 1 rings (SSSR count). The Morgan fingerprint density at radius 3 is 2.60 bits per heavy atom. The van der Waals surface area contributed by atoms with Gasteiger partial charge < -0.3 is 5.11 Å². The molecule has 1 aromatic carbocycles. The van der Waals surface area contributed by atoms with Crippen LogP contribution in [0.1, 0.15) is 36.5 Å². The monoisotopic (exact) mass is 223 g/mol. The van der Waals surface area contributed by atoms with Crippen molar-refractivity contribution in [2.24, 2.45) is 0 Å². The highest BCUT2D eigenvalue weighted by atomic mass is 35.5. The normalized spacial score (nSPS) is 10.4. The van der Waals surface area contributed by atoms with Gasteiger partial charge in [0.1, 0.15) is 5.75 Å². The van der Waals surface area contributed by atoms with Gasteiger partial charge >= 0.3 is 0 Å². The fraction of sp³-hybridized carbons (Fsp3) is 0.417. The van der Waals surface area contributed by atoms with Crippen LogP contribution in [0.2, 0.25) is 5.02 Å². The van der Waals surface area contributed by atoms with Crippen molar-refractivity contribution < 1.29 is 5.11 Å². The number of rotatable bonds is 2. The molecule has 0 unspecified atom stereocenters. The first kappa shape index (κ1) is 11.9. The third kappa shape index (κ3) is 2.24. The van der Waals surface area contributed by atoms with Crippen molar-refractivity contribution in [2.75, 3.05) is 0 Å². The van der Waals surface area contributed by atoms with Gasteiger partial charge in [0.25, 0.3) is 0 Å². The van der Waals surface area contributed by atoms with Crippen molar-refractivity contribution in [3.8, 4) is 11.8 Å². The van der Waals surface area contributed by atoms with Gasteiger partial charge in [-0.2, -0.15) is 5.26 Å². The number of phenolic OH excluding ortho intramolecular Hbond substituents is 1. The molecule has 80 valence electrons. The van der Waals surface area contributed by atoms with E-state index in [0.717, 1.165) is 11.1 Å². The Kier molecular flexibility index (Phi) is 3.60. The molecule has 0 heterocycles. The van der Waals surface area contributed by atoms with Gasteiger partial charge in [-0.3, -0.25) is 0 Å². The zero-order valence-electron chi connectivity index (χ0n) is 9.13. The van der Waals surface area contributed by atoms with E-state index in [-0.39, 0.29) is 18.1 Å². The average molecular weight is 224 g/mol. The Balaban J connectivity index is 3.43. The summed E-state index contributed by atoms with van der Waals surface area (Å²) in [6.07, 6.45) is 0.192. The van der Waals surface area contributed by atoms with Gasteiger partial charge in [-0.05, 0) is 30.0 Å². The van der Waals surface area contributed by atoms with Crippen molar-refractivity contribution in [1.82, 2.24) is 0 Å². The van der Waals surface area contributed by atoms with Crippen LogP contribution in [0.4, 0.5) is 0 Å².